The Morgan fingerprint density at radius 3 is 1.57 bits per heavy atom. The molecule has 0 aliphatic carbocycles. The summed E-state index contributed by atoms with van der Waals surface area (Å²) in [4.78, 5) is 18.9. The lowest BCUT2D eigenvalue weighted by Crippen LogP contribution is -2.25. The van der Waals surface area contributed by atoms with Gasteiger partial charge in [-0.2, -0.15) is 21.0 Å². The van der Waals surface area contributed by atoms with Crippen molar-refractivity contribution in [3.63, 3.8) is 0 Å². The van der Waals surface area contributed by atoms with Gasteiger partial charge in [0.25, 0.3) is 0 Å². The van der Waals surface area contributed by atoms with Crippen LogP contribution in [0.4, 0.5) is 0 Å². The van der Waals surface area contributed by atoms with Crippen LogP contribution in [0, 0.1) is 45.3 Å². The van der Waals surface area contributed by atoms with Crippen LogP contribution < -0.4 is 10.6 Å². The first-order valence-corrected chi connectivity index (χ1v) is 17.6. The SMILES string of the molecule is N#Cc1cnc(C2=CC(c3c(-c4ccccn4)cc(-c4ccccc4)c(-c4ccccn4)c3C3C=C(c4ncc(C#N)cc4C#N)C=CN3)NC=C2)c(C#N)c1. The number of hydrogen-bond acceptors (Lipinski definition) is 10. The van der Waals surface area contributed by atoms with E-state index in [2.05, 4.69) is 63.1 Å². The minimum atomic E-state index is -0.496. The van der Waals surface area contributed by atoms with E-state index >= 15 is 0 Å². The Morgan fingerprint density at radius 1 is 0.518 bits per heavy atom. The standard InChI is InChI=1S/C46H28N10/c47-23-29-18-34(25-49)45(55-27-29)32-12-16-53-40(20-32)43-37(38-10-4-6-14-51-38)22-36(31-8-2-1-3-9-31)42(39-11-5-7-15-52-39)44(43)41-21-33(13-17-54-41)46-35(26-50)19-30(24-48)28-56-46/h1-22,27-28,40-41,53-54H. The quantitative estimate of drug-likeness (QED) is 0.164. The van der Waals surface area contributed by atoms with Gasteiger partial charge in [0.15, 0.2) is 0 Å². The average molecular weight is 721 g/mol. The molecule has 262 valence electrons. The second-order valence-electron chi connectivity index (χ2n) is 12.9. The molecule has 2 aliphatic heterocycles. The number of nitrogens with zero attached hydrogens (tertiary/aromatic N) is 8. The third-order valence-corrected chi connectivity index (χ3v) is 9.57. The third kappa shape index (κ3) is 6.55. The Balaban J connectivity index is 1.47. The molecule has 6 aromatic rings. The van der Waals surface area contributed by atoms with Crippen molar-refractivity contribution < 1.29 is 0 Å². The fraction of sp³-hybridized carbons (Fsp3) is 0.0435. The fourth-order valence-electron chi connectivity index (χ4n) is 7.12. The highest BCUT2D eigenvalue weighted by molar-refractivity contribution is 5.92. The summed E-state index contributed by atoms with van der Waals surface area (Å²) in [5.74, 6) is 0. The summed E-state index contributed by atoms with van der Waals surface area (Å²) in [5.41, 5.74) is 10.4. The number of aromatic nitrogens is 4. The van der Waals surface area contributed by atoms with Crippen LogP contribution in [0.1, 0.15) is 56.9 Å². The van der Waals surface area contributed by atoms with E-state index in [1.165, 1.54) is 12.4 Å². The molecule has 0 amide bonds. The number of benzene rings is 2. The van der Waals surface area contributed by atoms with Crippen LogP contribution in [-0.2, 0) is 0 Å². The zero-order valence-corrected chi connectivity index (χ0v) is 29.6. The molecular weight excluding hydrogens is 693 g/mol. The van der Waals surface area contributed by atoms with Gasteiger partial charge in [0.1, 0.15) is 24.3 Å². The molecule has 2 aromatic carbocycles. The normalized spacial score (nSPS) is 15.4. The van der Waals surface area contributed by atoms with E-state index in [4.69, 9.17) is 9.97 Å². The van der Waals surface area contributed by atoms with Gasteiger partial charge in [0, 0.05) is 47.1 Å². The first-order chi connectivity index (χ1) is 27.6. The highest BCUT2D eigenvalue weighted by Gasteiger charge is 2.32. The van der Waals surface area contributed by atoms with Crippen molar-refractivity contribution in [2.75, 3.05) is 0 Å². The highest BCUT2D eigenvalue weighted by Crippen LogP contribution is 2.47. The second-order valence-corrected chi connectivity index (χ2v) is 12.9. The molecule has 56 heavy (non-hydrogen) atoms. The topological polar surface area (TPSA) is 171 Å². The third-order valence-electron chi connectivity index (χ3n) is 9.57. The van der Waals surface area contributed by atoms with Crippen LogP contribution in [0.3, 0.4) is 0 Å². The van der Waals surface area contributed by atoms with Crippen LogP contribution in [0.15, 0.2) is 146 Å². The molecule has 10 nitrogen and oxygen atoms in total. The van der Waals surface area contributed by atoms with E-state index in [1.54, 1.807) is 24.5 Å². The maximum absolute atomic E-state index is 10.1. The van der Waals surface area contributed by atoms with Crippen LogP contribution >= 0.6 is 0 Å². The van der Waals surface area contributed by atoms with E-state index in [0.717, 1.165) is 44.8 Å². The first kappa shape index (κ1) is 34.6. The largest absolute Gasteiger partial charge is 0.381 e. The Morgan fingerprint density at radius 2 is 1.05 bits per heavy atom. The number of rotatable bonds is 7. The number of nitrogens with one attached hydrogen (secondary N) is 2. The summed E-state index contributed by atoms with van der Waals surface area (Å²) in [6, 6.07) is 34.6. The summed E-state index contributed by atoms with van der Waals surface area (Å²) in [7, 11) is 0. The molecule has 0 saturated heterocycles. The van der Waals surface area contributed by atoms with Gasteiger partial charge < -0.3 is 10.6 Å². The molecule has 2 aliphatic rings. The monoisotopic (exact) mass is 720 g/mol. The fourth-order valence-corrected chi connectivity index (χ4v) is 7.12. The van der Waals surface area contributed by atoms with Gasteiger partial charge in [-0.3, -0.25) is 19.9 Å². The van der Waals surface area contributed by atoms with Gasteiger partial charge in [-0.25, -0.2) is 0 Å². The molecule has 2 N–H and O–H groups in total. The maximum atomic E-state index is 10.1. The maximum Gasteiger partial charge on any atom is 0.101 e. The van der Waals surface area contributed by atoms with E-state index in [0.29, 0.717) is 33.7 Å². The average Bonchev–Trinajstić information content (AvgIpc) is 3.28. The lowest BCUT2D eigenvalue weighted by atomic mass is 9.78. The predicted octanol–water partition coefficient (Wildman–Crippen LogP) is 8.24. The molecule has 0 radical (unpaired) electrons. The van der Waals surface area contributed by atoms with E-state index in [9.17, 15) is 21.0 Å². The van der Waals surface area contributed by atoms with Crippen molar-refractivity contribution in [1.29, 1.82) is 21.0 Å². The number of pyridine rings is 4. The predicted molar refractivity (Wildman–Crippen MR) is 212 cm³/mol. The summed E-state index contributed by atoms with van der Waals surface area (Å²) in [6.45, 7) is 0. The molecule has 4 aromatic heterocycles. The molecular formula is C46H28N10. The minimum absolute atomic E-state index is 0.285. The molecule has 0 saturated carbocycles. The Hall–Kier alpha value is -8.44. The van der Waals surface area contributed by atoms with Gasteiger partial charge in [-0.05, 0) is 101 Å². The number of nitriles is 4. The highest BCUT2D eigenvalue weighted by atomic mass is 14.9. The zero-order chi connectivity index (χ0) is 38.4. The summed E-state index contributed by atoms with van der Waals surface area (Å²) >= 11 is 0. The Labute approximate surface area is 323 Å². The van der Waals surface area contributed by atoms with Crippen molar-refractivity contribution in [3.8, 4) is 57.9 Å². The van der Waals surface area contributed by atoms with Crippen molar-refractivity contribution in [2.24, 2.45) is 0 Å². The van der Waals surface area contributed by atoms with E-state index in [1.807, 2.05) is 91.3 Å². The van der Waals surface area contributed by atoms with E-state index < -0.39 is 12.1 Å². The van der Waals surface area contributed by atoms with Crippen LogP contribution in [0.5, 0.6) is 0 Å². The van der Waals surface area contributed by atoms with Crippen molar-refractivity contribution in [2.45, 2.75) is 12.1 Å². The summed E-state index contributed by atoms with van der Waals surface area (Å²) in [6.07, 6.45) is 18.0. The molecule has 6 heterocycles. The number of allylic oxidation sites excluding steroid dienone is 4. The summed E-state index contributed by atoms with van der Waals surface area (Å²) < 4.78 is 0. The number of dihydropyridines is 2. The minimum Gasteiger partial charge on any atom is -0.381 e. The Bertz CT molecular complexity index is 2790. The first-order valence-electron chi connectivity index (χ1n) is 17.6. The van der Waals surface area contributed by atoms with Gasteiger partial charge in [0.2, 0.25) is 0 Å². The van der Waals surface area contributed by atoms with Crippen LogP contribution in [0.2, 0.25) is 0 Å². The van der Waals surface area contributed by atoms with E-state index in [-0.39, 0.29) is 11.1 Å². The zero-order valence-electron chi connectivity index (χ0n) is 29.6. The lowest BCUT2D eigenvalue weighted by Gasteiger charge is -2.32. The van der Waals surface area contributed by atoms with Crippen molar-refractivity contribution in [3.05, 3.63) is 191 Å². The van der Waals surface area contributed by atoms with Crippen molar-refractivity contribution in [1.82, 2.24) is 30.6 Å². The lowest BCUT2D eigenvalue weighted by molar-refractivity contribution is 0.695. The summed E-state index contributed by atoms with van der Waals surface area (Å²) in [5, 5.41) is 46.4. The molecule has 2 atom stereocenters. The molecule has 8 rings (SSSR count). The molecule has 0 spiro atoms. The smallest absolute Gasteiger partial charge is 0.101 e. The van der Waals surface area contributed by atoms with Gasteiger partial charge >= 0.3 is 0 Å². The number of hydrogen-bond donors (Lipinski definition) is 2. The molecule has 10 heteroatoms. The van der Waals surface area contributed by atoms with Gasteiger partial charge in [0.05, 0.1) is 57.1 Å². The van der Waals surface area contributed by atoms with Gasteiger partial charge in [-0.15, -0.1) is 0 Å². The van der Waals surface area contributed by atoms with Crippen LogP contribution in [0.25, 0.3) is 44.8 Å². The molecule has 0 fully saturated rings. The second kappa shape index (κ2) is 15.3. The molecule has 2 unspecified atom stereocenters. The van der Waals surface area contributed by atoms with Gasteiger partial charge in [-0.1, -0.05) is 42.5 Å². The van der Waals surface area contributed by atoms with Crippen LogP contribution in [-0.4, -0.2) is 19.9 Å². The molecule has 0 bridgehead atoms. The Kier molecular flexibility index (Phi) is 9.44. The van der Waals surface area contributed by atoms with Crippen molar-refractivity contribution >= 4 is 11.1 Å².